The molecule has 1 unspecified atom stereocenters. The Balaban J connectivity index is 1.71. The number of nitrogens with zero attached hydrogens (tertiary/aromatic N) is 1. The van der Waals surface area contributed by atoms with E-state index in [4.69, 9.17) is 5.73 Å². The maximum Gasteiger partial charge on any atom is 0.239 e. The first-order valence-electron chi connectivity index (χ1n) is 6.41. The van der Waals surface area contributed by atoms with Crippen molar-refractivity contribution < 1.29 is 4.79 Å². The normalized spacial score (nSPS) is 16.8. The zero-order chi connectivity index (χ0) is 14.1. The zero-order valence-corrected chi connectivity index (χ0v) is 11.9. The van der Waals surface area contributed by atoms with E-state index >= 15 is 0 Å². The topological polar surface area (TPSA) is 68.0 Å². The first-order chi connectivity index (χ1) is 9.63. The lowest BCUT2D eigenvalue weighted by Gasteiger charge is -2.10. The second-order valence-electron chi connectivity index (χ2n) is 4.83. The van der Waals surface area contributed by atoms with E-state index in [2.05, 4.69) is 22.4 Å². The first-order valence-corrected chi connectivity index (χ1v) is 7.29. The summed E-state index contributed by atoms with van der Waals surface area (Å²) in [7, 11) is 0. The number of benzene rings is 1. The summed E-state index contributed by atoms with van der Waals surface area (Å²) in [5, 5.41) is 2.77. The Hall–Kier alpha value is -2.01. The molecule has 3 rings (SSSR count). The van der Waals surface area contributed by atoms with E-state index in [0.29, 0.717) is 11.5 Å². The van der Waals surface area contributed by atoms with Gasteiger partial charge in [0.15, 0.2) is 0 Å². The Morgan fingerprint density at radius 2 is 2.25 bits per heavy atom. The van der Waals surface area contributed by atoms with Crippen LogP contribution >= 0.6 is 11.8 Å². The molecule has 1 atom stereocenters. The number of pyridine rings is 1. The van der Waals surface area contributed by atoms with E-state index in [1.807, 2.05) is 19.1 Å². The molecule has 4 nitrogen and oxygen atoms in total. The third-order valence-electron chi connectivity index (χ3n) is 3.34. The maximum atomic E-state index is 12.3. The molecule has 0 bridgehead atoms. The number of fused-ring (bicyclic) bond motifs is 1. The van der Waals surface area contributed by atoms with Gasteiger partial charge in [-0.3, -0.25) is 4.79 Å². The molecule has 1 aliphatic rings. The molecule has 5 heteroatoms. The molecule has 1 aliphatic heterocycles. The molecule has 2 aromatic rings. The fraction of sp³-hybridized carbons (Fsp3) is 0.200. The minimum Gasteiger partial charge on any atom is -0.397 e. The molecule has 0 spiro atoms. The van der Waals surface area contributed by atoms with Crippen LogP contribution in [-0.2, 0) is 11.2 Å². The number of hydrogen-bond donors (Lipinski definition) is 2. The Kier molecular flexibility index (Phi) is 3.36. The predicted molar refractivity (Wildman–Crippen MR) is 81.8 cm³/mol. The van der Waals surface area contributed by atoms with Gasteiger partial charge >= 0.3 is 0 Å². The van der Waals surface area contributed by atoms with Crippen LogP contribution in [0, 0.1) is 6.92 Å². The van der Waals surface area contributed by atoms with Gasteiger partial charge in [0.05, 0.1) is 17.1 Å². The minimum atomic E-state index is -0.0907. The van der Waals surface area contributed by atoms with Gasteiger partial charge in [0.25, 0.3) is 0 Å². The Morgan fingerprint density at radius 1 is 1.45 bits per heavy atom. The number of aryl methyl sites for hydroxylation is 1. The second kappa shape index (κ2) is 5.17. The quantitative estimate of drug-likeness (QED) is 0.890. The highest BCUT2D eigenvalue weighted by Crippen LogP contribution is 2.37. The summed E-state index contributed by atoms with van der Waals surface area (Å²) in [4.78, 5) is 17.6. The van der Waals surface area contributed by atoms with E-state index in [1.54, 1.807) is 24.0 Å². The number of carbonyl (C=O) groups excluding carboxylic acids is 1. The van der Waals surface area contributed by atoms with Gasteiger partial charge in [-0.05, 0) is 36.6 Å². The zero-order valence-electron chi connectivity index (χ0n) is 11.1. The highest BCUT2D eigenvalue weighted by atomic mass is 32.2. The van der Waals surface area contributed by atoms with Crippen LogP contribution in [0.3, 0.4) is 0 Å². The first kappa shape index (κ1) is 13.0. The number of nitrogen functional groups attached to an aromatic ring is 1. The highest BCUT2D eigenvalue weighted by Gasteiger charge is 2.28. The van der Waals surface area contributed by atoms with Crippen LogP contribution < -0.4 is 11.1 Å². The van der Waals surface area contributed by atoms with Crippen molar-refractivity contribution in [3.8, 4) is 0 Å². The van der Waals surface area contributed by atoms with Crippen LogP contribution in [0.4, 0.5) is 11.5 Å². The maximum absolute atomic E-state index is 12.3. The van der Waals surface area contributed by atoms with Gasteiger partial charge in [-0.15, -0.1) is 11.8 Å². The molecule has 0 aliphatic carbocycles. The fourth-order valence-electron chi connectivity index (χ4n) is 2.17. The third-order valence-corrected chi connectivity index (χ3v) is 4.66. The van der Waals surface area contributed by atoms with Crippen molar-refractivity contribution in [1.29, 1.82) is 0 Å². The monoisotopic (exact) mass is 285 g/mol. The van der Waals surface area contributed by atoms with Gasteiger partial charge in [-0.2, -0.15) is 0 Å². The van der Waals surface area contributed by atoms with Gasteiger partial charge in [0, 0.05) is 4.90 Å². The van der Waals surface area contributed by atoms with E-state index in [-0.39, 0.29) is 11.2 Å². The van der Waals surface area contributed by atoms with Crippen molar-refractivity contribution in [2.45, 2.75) is 23.5 Å². The lowest BCUT2D eigenvalue weighted by atomic mass is 10.1. The van der Waals surface area contributed by atoms with Crippen LogP contribution in [0.2, 0.25) is 0 Å². The number of carbonyl (C=O) groups is 1. The molecule has 2 heterocycles. The molecule has 102 valence electrons. The summed E-state index contributed by atoms with van der Waals surface area (Å²) in [5.41, 5.74) is 8.50. The Morgan fingerprint density at radius 3 is 3.00 bits per heavy atom. The van der Waals surface area contributed by atoms with Crippen LogP contribution in [0.25, 0.3) is 0 Å². The average Bonchev–Trinajstić information content (AvgIpc) is 2.87. The van der Waals surface area contributed by atoms with Crippen LogP contribution in [0.15, 0.2) is 41.4 Å². The molecular formula is C15H15N3OS. The Labute approximate surface area is 121 Å². The SMILES string of the molecule is Cc1cc(NC(=O)C2Cc3ccccc3S2)ncc1N. The number of nitrogens with two attached hydrogens (primary N) is 1. The standard InChI is InChI=1S/C15H15N3OS/c1-9-6-14(17-8-11(9)16)18-15(19)13-7-10-4-2-3-5-12(10)20-13/h2-6,8,13H,7,16H2,1H3,(H,17,18,19). The predicted octanol–water partition coefficient (Wildman–Crippen LogP) is 2.63. The van der Waals surface area contributed by atoms with Crippen LogP contribution in [0.1, 0.15) is 11.1 Å². The lowest BCUT2D eigenvalue weighted by Crippen LogP contribution is -2.25. The van der Waals surface area contributed by atoms with Crippen molar-refractivity contribution in [1.82, 2.24) is 4.98 Å². The molecule has 1 aromatic heterocycles. The smallest absolute Gasteiger partial charge is 0.239 e. The van der Waals surface area contributed by atoms with E-state index in [9.17, 15) is 4.79 Å². The van der Waals surface area contributed by atoms with E-state index < -0.39 is 0 Å². The van der Waals surface area contributed by atoms with Crippen molar-refractivity contribution in [3.63, 3.8) is 0 Å². The molecule has 0 saturated heterocycles. The summed E-state index contributed by atoms with van der Waals surface area (Å²) >= 11 is 1.61. The summed E-state index contributed by atoms with van der Waals surface area (Å²) in [5.74, 6) is 0.543. The molecule has 0 fully saturated rings. The average molecular weight is 285 g/mol. The van der Waals surface area contributed by atoms with Crippen molar-refractivity contribution >= 4 is 29.2 Å². The summed E-state index contributed by atoms with van der Waals surface area (Å²) in [6.07, 6.45) is 2.34. The van der Waals surface area contributed by atoms with Crippen LogP contribution in [0.5, 0.6) is 0 Å². The van der Waals surface area contributed by atoms with Crippen LogP contribution in [-0.4, -0.2) is 16.1 Å². The molecule has 1 aromatic carbocycles. The number of hydrogen-bond acceptors (Lipinski definition) is 4. The summed E-state index contributed by atoms with van der Waals surface area (Å²) in [6, 6.07) is 9.92. The van der Waals surface area contributed by atoms with Gasteiger partial charge in [-0.25, -0.2) is 4.98 Å². The lowest BCUT2D eigenvalue weighted by molar-refractivity contribution is -0.115. The molecule has 20 heavy (non-hydrogen) atoms. The number of amides is 1. The molecule has 1 amide bonds. The third kappa shape index (κ3) is 2.49. The number of rotatable bonds is 2. The largest absolute Gasteiger partial charge is 0.397 e. The van der Waals surface area contributed by atoms with Crippen molar-refractivity contribution in [2.75, 3.05) is 11.1 Å². The minimum absolute atomic E-state index is 0.0112. The number of anilines is 2. The van der Waals surface area contributed by atoms with Crippen molar-refractivity contribution in [3.05, 3.63) is 47.7 Å². The van der Waals surface area contributed by atoms with Gasteiger partial charge in [0.2, 0.25) is 5.91 Å². The number of aromatic nitrogens is 1. The Bertz CT molecular complexity index is 647. The van der Waals surface area contributed by atoms with Gasteiger partial charge in [-0.1, -0.05) is 18.2 Å². The van der Waals surface area contributed by atoms with E-state index in [0.717, 1.165) is 12.0 Å². The highest BCUT2D eigenvalue weighted by molar-refractivity contribution is 8.01. The van der Waals surface area contributed by atoms with Gasteiger partial charge < -0.3 is 11.1 Å². The molecule has 0 radical (unpaired) electrons. The fourth-order valence-corrected chi connectivity index (χ4v) is 3.37. The van der Waals surface area contributed by atoms with E-state index in [1.165, 1.54) is 10.5 Å². The summed E-state index contributed by atoms with van der Waals surface area (Å²) < 4.78 is 0. The number of nitrogens with one attached hydrogen (secondary N) is 1. The van der Waals surface area contributed by atoms with Gasteiger partial charge in [0.1, 0.15) is 5.82 Å². The van der Waals surface area contributed by atoms with Crippen molar-refractivity contribution in [2.24, 2.45) is 0 Å². The summed E-state index contributed by atoms with van der Waals surface area (Å²) in [6.45, 7) is 1.90. The number of thioether (sulfide) groups is 1. The molecule has 3 N–H and O–H groups in total. The second-order valence-corrected chi connectivity index (χ2v) is 6.08. The molecular weight excluding hydrogens is 270 g/mol. The molecule has 0 saturated carbocycles.